The van der Waals surface area contributed by atoms with E-state index >= 15 is 0 Å². The van der Waals surface area contributed by atoms with Gasteiger partial charge in [0.2, 0.25) is 0 Å². The Labute approximate surface area is 226 Å². The van der Waals surface area contributed by atoms with Crippen LogP contribution in [-0.2, 0) is 31.5 Å². The Kier molecular flexibility index (Phi) is 8.49. The van der Waals surface area contributed by atoms with Crippen LogP contribution in [0.3, 0.4) is 0 Å². The van der Waals surface area contributed by atoms with Gasteiger partial charge in [0.15, 0.2) is 37.1 Å². The lowest BCUT2D eigenvalue weighted by molar-refractivity contribution is -0.192. The second-order valence-corrected chi connectivity index (χ2v) is 13.2. The number of H-pyrrole nitrogens is 1. The average Bonchev–Trinajstić information content (AvgIpc) is 3.44. The molecule has 3 N–H and O–H groups in total. The molecule has 2 aromatic carbocycles. The Morgan fingerprint density at radius 3 is 2.15 bits per heavy atom. The van der Waals surface area contributed by atoms with Crippen LogP contribution in [0.5, 0.6) is 11.5 Å². The van der Waals surface area contributed by atoms with Crippen LogP contribution in [-0.4, -0.2) is 65.6 Å². The van der Waals surface area contributed by atoms with E-state index in [1.165, 1.54) is 30.3 Å². The number of fused-ring (bicyclic) bond motifs is 1. The van der Waals surface area contributed by atoms with Gasteiger partial charge >= 0.3 is 12.1 Å². The van der Waals surface area contributed by atoms with Crippen LogP contribution in [0.4, 0.5) is 24.8 Å². The number of carboxylic acids is 1. The number of hydrogen-bond donors (Lipinski definition) is 3. The number of ether oxygens (including phenoxy) is 1. The van der Waals surface area contributed by atoms with E-state index < -0.39 is 37.1 Å². The second-order valence-electron chi connectivity index (χ2n) is 8.66. The molecular weight excluding hydrogens is 579 g/mol. The Hall–Kier alpha value is -4.12. The first-order valence-corrected chi connectivity index (χ1v) is 14.6. The van der Waals surface area contributed by atoms with Gasteiger partial charge < -0.3 is 15.2 Å². The molecule has 40 heavy (non-hydrogen) atoms. The van der Waals surface area contributed by atoms with Crippen LogP contribution < -0.4 is 10.1 Å². The van der Waals surface area contributed by atoms with Crippen molar-refractivity contribution in [1.82, 2.24) is 20.0 Å². The summed E-state index contributed by atoms with van der Waals surface area (Å²) in [7, 11) is -5.20. The van der Waals surface area contributed by atoms with E-state index in [1.807, 2.05) is 0 Å². The SMILES string of the molecule is CC(C)S(=O)(=O)c1cc(Oc2ccc(S(C)(=O)=O)cc2)c2[nH]nc(Nc3ccn(C)n3)c2c1.O=C(O)C(F)(F)F. The first-order valence-electron chi connectivity index (χ1n) is 11.2. The van der Waals surface area contributed by atoms with Crippen molar-refractivity contribution < 1.29 is 44.6 Å². The number of nitrogens with zero attached hydrogens (tertiary/aromatic N) is 3. The summed E-state index contributed by atoms with van der Waals surface area (Å²) in [5.41, 5.74) is 0.475. The topological polar surface area (TPSA) is 173 Å². The van der Waals surface area contributed by atoms with Crippen molar-refractivity contribution in [1.29, 1.82) is 0 Å². The zero-order chi connectivity index (χ0) is 30.0. The predicted octanol–water partition coefficient (Wildman–Crippen LogP) is 4.05. The van der Waals surface area contributed by atoms with Crippen molar-refractivity contribution in [3.05, 3.63) is 48.7 Å². The number of nitrogens with one attached hydrogen (secondary N) is 2. The van der Waals surface area contributed by atoms with Crippen molar-refractivity contribution in [3.63, 3.8) is 0 Å². The average molecular weight is 604 g/mol. The standard InChI is InChI=1S/C21H23N5O5S2.C2HF3O2/c1-13(2)33(29,30)16-11-17-20(23-24-21(17)22-19-9-10-26(3)25-19)18(12-16)31-14-5-7-15(8-6-14)32(4,27)28;3-2(4,5)1(6)7/h5-13H,1-4H3,(H2,22,23,24,25);(H,6,7). The Bertz CT molecular complexity index is 1750. The quantitative estimate of drug-likeness (QED) is 0.280. The Balaban J connectivity index is 0.000000559. The molecule has 4 rings (SSSR count). The van der Waals surface area contributed by atoms with Crippen LogP contribution in [0.1, 0.15) is 13.8 Å². The fourth-order valence-corrected chi connectivity index (χ4v) is 4.89. The molecule has 0 saturated heterocycles. The Morgan fingerprint density at radius 1 is 1.07 bits per heavy atom. The van der Waals surface area contributed by atoms with Gasteiger partial charge in [0.25, 0.3) is 0 Å². The lowest BCUT2D eigenvalue weighted by Crippen LogP contribution is -2.21. The van der Waals surface area contributed by atoms with Crippen LogP contribution in [0.2, 0.25) is 0 Å². The number of aromatic nitrogens is 4. The number of carboxylic acid groups (broad SMARTS) is 1. The van der Waals surface area contributed by atoms with Gasteiger partial charge in [-0.15, -0.1) is 0 Å². The third-order valence-corrected chi connectivity index (χ3v) is 8.50. The molecule has 0 unspecified atom stereocenters. The fourth-order valence-electron chi connectivity index (χ4n) is 3.16. The molecule has 0 fully saturated rings. The lowest BCUT2D eigenvalue weighted by atomic mass is 10.2. The molecule has 0 radical (unpaired) electrons. The number of carbonyl (C=O) groups is 1. The summed E-state index contributed by atoms with van der Waals surface area (Å²) in [5, 5.41) is 21.5. The maximum Gasteiger partial charge on any atom is 0.490 e. The molecule has 0 saturated carbocycles. The number of halogens is 3. The van der Waals surface area contributed by atoms with E-state index in [0.29, 0.717) is 28.3 Å². The van der Waals surface area contributed by atoms with Crippen molar-refractivity contribution in [2.45, 2.75) is 35.1 Å². The van der Waals surface area contributed by atoms with Crippen LogP contribution in [0, 0.1) is 0 Å². The number of benzene rings is 2. The molecule has 216 valence electrons. The highest BCUT2D eigenvalue weighted by molar-refractivity contribution is 7.92. The minimum absolute atomic E-state index is 0.0817. The monoisotopic (exact) mass is 603 g/mol. The summed E-state index contributed by atoms with van der Waals surface area (Å²) in [6.45, 7) is 3.21. The summed E-state index contributed by atoms with van der Waals surface area (Å²) in [5.74, 6) is -1.24. The highest BCUT2D eigenvalue weighted by Crippen LogP contribution is 2.36. The molecule has 17 heteroatoms. The molecule has 0 atom stereocenters. The molecule has 0 spiro atoms. The molecule has 2 heterocycles. The van der Waals surface area contributed by atoms with Gasteiger partial charge in [0, 0.05) is 37.0 Å². The third kappa shape index (κ3) is 7.09. The maximum atomic E-state index is 12.9. The van der Waals surface area contributed by atoms with Gasteiger partial charge in [0.1, 0.15) is 11.3 Å². The first kappa shape index (κ1) is 30.4. The van der Waals surface area contributed by atoms with Gasteiger partial charge in [0.05, 0.1) is 15.0 Å². The number of anilines is 2. The number of aromatic amines is 1. The summed E-state index contributed by atoms with van der Waals surface area (Å²) in [6, 6.07) is 10.6. The molecule has 4 aromatic rings. The molecule has 2 aromatic heterocycles. The number of aliphatic carboxylic acids is 1. The molecule has 0 amide bonds. The number of rotatable bonds is 7. The fraction of sp³-hybridized carbons (Fsp3) is 0.261. The number of alkyl halides is 3. The van der Waals surface area contributed by atoms with E-state index in [9.17, 15) is 30.0 Å². The summed E-state index contributed by atoms with van der Waals surface area (Å²) < 4.78 is 88.6. The minimum Gasteiger partial charge on any atom is -0.475 e. The van der Waals surface area contributed by atoms with E-state index in [-0.39, 0.29) is 15.5 Å². The minimum atomic E-state index is -5.08. The van der Waals surface area contributed by atoms with Gasteiger partial charge in [-0.3, -0.25) is 9.78 Å². The van der Waals surface area contributed by atoms with Crippen LogP contribution >= 0.6 is 0 Å². The van der Waals surface area contributed by atoms with Crippen molar-refractivity contribution in [3.8, 4) is 11.5 Å². The molecule has 0 aliphatic carbocycles. The van der Waals surface area contributed by atoms with E-state index in [1.54, 1.807) is 43.9 Å². The van der Waals surface area contributed by atoms with Crippen molar-refractivity contribution in [2.24, 2.45) is 7.05 Å². The largest absolute Gasteiger partial charge is 0.490 e. The van der Waals surface area contributed by atoms with E-state index in [0.717, 1.165) is 6.26 Å². The predicted molar refractivity (Wildman–Crippen MR) is 138 cm³/mol. The zero-order valence-corrected chi connectivity index (χ0v) is 23.0. The number of hydrogen-bond acceptors (Lipinski definition) is 9. The van der Waals surface area contributed by atoms with E-state index in [4.69, 9.17) is 14.6 Å². The lowest BCUT2D eigenvalue weighted by Gasteiger charge is -2.12. The van der Waals surface area contributed by atoms with Gasteiger partial charge in [-0.05, 0) is 44.2 Å². The van der Waals surface area contributed by atoms with Gasteiger partial charge in [-0.2, -0.15) is 23.4 Å². The smallest absolute Gasteiger partial charge is 0.475 e. The van der Waals surface area contributed by atoms with Gasteiger partial charge in [-0.1, -0.05) is 0 Å². The highest BCUT2D eigenvalue weighted by atomic mass is 32.2. The zero-order valence-electron chi connectivity index (χ0n) is 21.4. The summed E-state index contributed by atoms with van der Waals surface area (Å²) in [4.78, 5) is 9.13. The van der Waals surface area contributed by atoms with Crippen molar-refractivity contribution >= 4 is 48.2 Å². The number of sulfone groups is 2. The summed E-state index contributed by atoms with van der Waals surface area (Å²) in [6.07, 6.45) is -2.20. The normalized spacial score (nSPS) is 12.2. The Morgan fingerprint density at radius 2 is 1.68 bits per heavy atom. The number of aryl methyl sites for hydroxylation is 1. The van der Waals surface area contributed by atoms with Crippen LogP contribution in [0.25, 0.3) is 10.9 Å². The summed E-state index contributed by atoms with van der Waals surface area (Å²) >= 11 is 0. The van der Waals surface area contributed by atoms with Gasteiger partial charge in [-0.25, -0.2) is 21.6 Å². The first-order chi connectivity index (χ1) is 18.4. The molecule has 0 bridgehead atoms. The molecule has 0 aliphatic heterocycles. The molecular formula is C23H24F3N5O7S2. The molecule has 0 aliphatic rings. The maximum absolute atomic E-state index is 12.9. The molecule has 12 nitrogen and oxygen atoms in total. The second kappa shape index (κ2) is 11.2. The highest BCUT2D eigenvalue weighted by Gasteiger charge is 2.38. The van der Waals surface area contributed by atoms with Crippen LogP contribution in [0.15, 0.2) is 58.5 Å². The third-order valence-electron chi connectivity index (χ3n) is 5.24. The van der Waals surface area contributed by atoms with E-state index in [2.05, 4.69) is 20.6 Å². The van der Waals surface area contributed by atoms with Crippen molar-refractivity contribution in [2.75, 3.05) is 11.6 Å².